The molecule has 0 amide bonds. The summed E-state index contributed by atoms with van der Waals surface area (Å²) in [5.74, 6) is 0.263. The number of nitrogens with one attached hydrogen (secondary N) is 1. The van der Waals surface area contributed by atoms with Gasteiger partial charge >= 0.3 is 0 Å². The Labute approximate surface area is 110 Å². The third-order valence-corrected chi connectivity index (χ3v) is 2.98. The standard InChI is InChI=1S/C11H15Cl2N3O/c12-9-5-4-8(7-10(9)13)15-6-2-1-3-11(14)16-17/h4-5,7,15,17H,1-3,6H2,(H2,14,16). The zero-order valence-electron chi connectivity index (χ0n) is 9.29. The molecule has 4 N–H and O–H groups in total. The number of hydrogen-bond donors (Lipinski definition) is 3. The molecule has 0 aromatic heterocycles. The second-order valence-corrected chi connectivity index (χ2v) is 4.42. The van der Waals surface area contributed by atoms with Gasteiger partial charge in [-0.15, -0.1) is 0 Å². The first-order valence-electron chi connectivity index (χ1n) is 5.29. The van der Waals surface area contributed by atoms with Crippen LogP contribution in [-0.4, -0.2) is 17.6 Å². The fraction of sp³-hybridized carbons (Fsp3) is 0.364. The highest BCUT2D eigenvalue weighted by Crippen LogP contribution is 2.24. The molecule has 1 aromatic rings. The van der Waals surface area contributed by atoms with Crippen LogP contribution < -0.4 is 11.1 Å². The van der Waals surface area contributed by atoms with Crippen molar-refractivity contribution in [2.45, 2.75) is 19.3 Å². The Hall–Kier alpha value is -1.13. The van der Waals surface area contributed by atoms with E-state index in [-0.39, 0.29) is 5.84 Å². The summed E-state index contributed by atoms with van der Waals surface area (Å²) in [5.41, 5.74) is 6.28. The molecule has 0 spiro atoms. The number of hydrogen-bond acceptors (Lipinski definition) is 3. The first-order valence-corrected chi connectivity index (χ1v) is 6.04. The molecular formula is C11H15Cl2N3O. The van der Waals surface area contributed by atoms with Crippen LogP contribution in [0.5, 0.6) is 0 Å². The summed E-state index contributed by atoms with van der Waals surface area (Å²) in [5, 5.41) is 15.6. The lowest BCUT2D eigenvalue weighted by atomic mass is 10.2. The van der Waals surface area contributed by atoms with E-state index >= 15 is 0 Å². The van der Waals surface area contributed by atoms with E-state index in [0.717, 1.165) is 25.1 Å². The zero-order valence-corrected chi connectivity index (χ0v) is 10.8. The van der Waals surface area contributed by atoms with Crippen LogP contribution in [-0.2, 0) is 0 Å². The van der Waals surface area contributed by atoms with Crippen molar-refractivity contribution in [1.29, 1.82) is 0 Å². The van der Waals surface area contributed by atoms with Crippen molar-refractivity contribution in [3.05, 3.63) is 28.2 Å². The van der Waals surface area contributed by atoms with Gasteiger partial charge in [-0.05, 0) is 31.0 Å². The van der Waals surface area contributed by atoms with Crippen LogP contribution >= 0.6 is 23.2 Å². The molecule has 0 heterocycles. The van der Waals surface area contributed by atoms with E-state index in [2.05, 4.69) is 10.5 Å². The van der Waals surface area contributed by atoms with Gasteiger partial charge in [0.25, 0.3) is 0 Å². The molecule has 6 heteroatoms. The Balaban J connectivity index is 2.24. The number of amidine groups is 1. The number of halogens is 2. The fourth-order valence-electron chi connectivity index (χ4n) is 1.32. The maximum absolute atomic E-state index is 8.35. The molecule has 0 bridgehead atoms. The Kier molecular flexibility index (Phi) is 5.94. The van der Waals surface area contributed by atoms with E-state index in [1.165, 1.54) is 0 Å². The van der Waals surface area contributed by atoms with Gasteiger partial charge in [0.15, 0.2) is 0 Å². The highest BCUT2D eigenvalue weighted by molar-refractivity contribution is 6.42. The van der Waals surface area contributed by atoms with Crippen LogP contribution in [0.4, 0.5) is 5.69 Å². The first kappa shape index (κ1) is 13.9. The molecule has 0 atom stereocenters. The SMILES string of the molecule is NC(CCCCNc1ccc(Cl)c(Cl)c1)=NO. The van der Waals surface area contributed by atoms with E-state index < -0.39 is 0 Å². The molecule has 0 aliphatic heterocycles. The topological polar surface area (TPSA) is 70.6 Å². The molecule has 1 aromatic carbocycles. The van der Waals surface area contributed by atoms with E-state index in [0.29, 0.717) is 16.5 Å². The number of oxime groups is 1. The molecule has 1 rings (SSSR count). The van der Waals surface area contributed by atoms with Gasteiger partial charge in [0, 0.05) is 18.7 Å². The summed E-state index contributed by atoms with van der Waals surface area (Å²) in [6.45, 7) is 0.802. The second kappa shape index (κ2) is 7.25. The number of anilines is 1. The quantitative estimate of drug-likeness (QED) is 0.245. The van der Waals surface area contributed by atoms with Crippen molar-refractivity contribution in [3.63, 3.8) is 0 Å². The highest BCUT2D eigenvalue weighted by Gasteiger charge is 1.99. The Morgan fingerprint density at radius 1 is 1.29 bits per heavy atom. The molecule has 0 aliphatic rings. The Morgan fingerprint density at radius 3 is 2.71 bits per heavy atom. The molecule has 4 nitrogen and oxygen atoms in total. The predicted molar refractivity (Wildman–Crippen MR) is 72.2 cm³/mol. The molecule has 0 unspecified atom stereocenters. The summed E-state index contributed by atoms with van der Waals surface area (Å²) in [6.07, 6.45) is 2.39. The molecule has 0 aliphatic carbocycles. The number of rotatable bonds is 6. The van der Waals surface area contributed by atoms with E-state index in [4.69, 9.17) is 34.1 Å². The van der Waals surface area contributed by atoms with Crippen molar-refractivity contribution in [2.75, 3.05) is 11.9 Å². The molecular weight excluding hydrogens is 261 g/mol. The number of benzene rings is 1. The fourth-order valence-corrected chi connectivity index (χ4v) is 1.62. The largest absolute Gasteiger partial charge is 0.409 e. The third-order valence-electron chi connectivity index (χ3n) is 2.24. The van der Waals surface area contributed by atoms with Crippen molar-refractivity contribution in [2.24, 2.45) is 10.9 Å². The Morgan fingerprint density at radius 2 is 2.06 bits per heavy atom. The van der Waals surface area contributed by atoms with Gasteiger partial charge in [-0.25, -0.2) is 0 Å². The van der Waals surface area contributed by atoms with Crippen molar-refractivity contribution in [3.8, 4) is 0 Å². The molecule has 0 fully saturated rings. The van der Waals surface area contributed by atoms with Gasteiger partial charge in [0.2, 0.25) is 0 Å². The maximum atomic E-state index is 8.35. The van der Waals surface area contributed by atoms with Crippen LogP contribution in [0.3, 0.4) is 0 Å². The molecule has 0 saturated carbocycles. The van der Waals surface area contributed by atoms with Gasteiger partial charge < -0.3 is 16.3 Å². The molecule has 0 saturated heterocycles. The summed E-state index contributed by atoms with van der Waals surface area (Å²) in [6, 6.07) is 5.41. The highest BCUT2D eigenvalue weighted by atomic mass is 35.5. The Bertz CT molecular complexity index is 396. The average Bonchev–Trinajstić information content (AvgIpc) is 2.33. The number of nitrogens with zero attached hydrogens (tertiary/aromatic N) is 1. The van der Waals surface area contributed by atoms with E-state index in [9.17, 15) is 0 Å². The summed E-state index contributed by atoms with van der Waals surface area (Å²) >= 11 is 11.7. The van der Waals surface area contributed by atoms with Gasteiger partial charge in [0.1, 0.15) is 5.84 Å². The third kappa shape index (κ3) is 5.15. The van der Waals surface area contributed by atoms with Gasteiger partial charge in [0.05, 0.1) is 10.0 Å². The van der Waals surface area contributed by atoms with Crippen molar-refractivity contribution < 1.29 is 5.21 Å². The maximum Gasteiger partial charge on any atom is 0.139 e. The first-order chi connectivity index (χ1) is 8.13. The van der Waals surface area contributed by atoms with Crippen LogP contribution in [0.1, 0.15) is 19.3 Å². The second-order valence-electron chi connectivity index (χ2n) is 3.60. The summed E-state index contributed by atoms with van der Waals surface area (Å²) in [7, 11) is 0. The minimum atomic E-state index is 0.263. The van der Waals surface area contributed by atoms with E-state index in [1.54, 1.807) is 12.1 Å². The lowest BCUT2D eigenvalue weighted by molar-refractivity contribution is 0.316. The lowest BCUT2D eigenvalue weighted by Crippen LogP contribution is -2.11. The molecule has 0 radical (unpaired) electrons. The number of unbranched alkanes of at least 4 members (excludes halogenated alkanes) is 1. The van der Waals surface area contributed by atoms with Crippen LogP contribution in [0.25, 0.3) is 0 Å². The van der Waals surface area contributed by atoms with Crippen LogP contribution in [0, 0.1) is 0 Å². The minimum absolute atomic E-state index is 0.263. The molecule has 17 heavy (non-hydrogen) atoms. The minimum Gasteiger partial charge on any atom is -0.409 e. The number of nitrogens with two attached hydrogens (primary N) is 1. The van der Waals surface area contributed by atoms with Gasteiger partial charge in [-0.2, -0.15) is 0 Å². The van der Waals surface area contributed by atoms with Crippen molar-refractivity contribution >= 4 is 34.7 Å². The summed E-state index contributed by atoms with van der Waals surface area (Å²) in [4.78, 5) is 0. The van der Waals surface area contributed by atoms with Gasteiger partial charge in [-0.1, -0.05) is 28.4 Å². The zero-order chi connectivity index (χ0) is 12.7. The lowest BCUT2D eigenvalue weighted by Gasteiger charge is -2.07. The predicted octanol–water partition coefficient (Wildman–Crippen LogP) is 3.32. The average molecular weight is 276 g/mol. The van der Waals surface area contributed by atoms with E-state index in [1.807, 2.05) is 6.07 Å². The summed E-state index contributed by atoms with van der Waals surface area (Å²) < 4.78 is 0. The monoisotopic (exact) mass is 275 g/mol. The van der Waals surface area contributed by atoms with Crippen LogP contribution in [0.15, 0.2) is 23.4 Å². The normalized spacial score (nSPS) is 11.5. The van der Waals surface area contributed by atoms with Crippen molar-refractivity contribution in [1.82, 2.24) is 0 Å². The smallest absolute Gasteiger partial charge is 0.139 e. The molecule has 94 valence electrons. The van der Waals surface area contributed by atoms with Crippen LogP contribution in [0.2, 0.25) is 10.0 Å². The van der Waals surface area contributed by atoms with Gasteiger partial charge in [-0.3, -0.25) is 0 Å².